The van der Waals surface area contributed by atoms with Gasteiger partial charge in [-0.15, -0.1) is 16.4 Å². The topological polar surface area (TPSA) is 77.0 Å². The molecule has 0 saturated heterocycles. The number of thiazole rings is 1. The lowest BCUT2D eigenvalue weighted by Crippen LogP contribution is -1.97. The Morgan fingerprint density at radius 1 is 1.32 bits per heavy atom. The molecule has 3 aromatic heterocycles. The van der Waals surface area contributed by atoms with Crippen LogP contribution in [0, 0.1) is 12.8 Å². The molecule has 0 aliphatic rings. The summed E-state index contributed by atoms with van der Waals surface area (Å²) in [6.45, 7) is 6.87. The summed E-state index contributed by atoms with van der Waals surface area (Å²) in [6.07, 6.45) is 4.51. The van der Waals surface area contributed by atoms with E-state index < -0.39 is 0 Å². The van der Waals surface area contributed by atoms with Crippen molar-refractivity contribution in [2.24, 2.45) is 5.92 Å². The minimum Gasteiger partial charge on any atom is -0.469 e. The van der Waals surface area contributed by atoms with Crippen molar-refractivity contribution in [3.8, 4) is 11.5 Å². The fourth-order valence-corrected chi connectivity index (χ4v) is 3.12. The number of furan rings is 1. The van der Waals surface area contributed by atoms with E-state index in [9.17, 15) is 0 Å². The molecular formula is C15H18N4O2S. The molecule has 1 N–H and O–H groups in total. The molecule has 0 radical (unpaired) electrons. The second-order valence-electron chi connectivity index (χ2n) is 5.47. The van der Waals surface area contributed by atoms with Crippen molar-refractivity contribution in [1.29, 1.82) is 0 Å². The molecule has 3 heterocycles. The van der Waals surface area contributed by atoms with E-state index in [-0.39, 0.29) is 0 Å². The predicted molar refractivity (Wildman–Crippen MR) is 84.7 cm³/mol. The van der Waals surface area contributed by atoms with E-state index in [0.717, 1.165) is 27.6 Å². The van der Waals surface area contributed by atoms with E-state index in [1.165, 1.54) is 0 Å². The molecule has 22 heavy (non-hydrogen) atoms. The summed E-state index contributed by atoms with van der Waals surface area (Å²) in [4.78, 5) is 5.57. The summed E-state index contributed by atoms with van der Waals surface area (Å²) in [5.41, 5.74) is 0.817. The number of hydrogen-bond donors (Lipinski definition) is 1. The van der Waals surface area contributed by atoms with E-state index in [4.69, 9.17) is 8.83 Å². The van der Waals surface area contributed by atoms with Gasteiger partial charge in [-0.25, -0.2) is 4.98 Å². The first-order valence-electron chi connectivity index (χ1n) is 7.17. The predicted octanol–water partition coefficient (Wildman–Crippen LogP) is 3.91. The Hall–Kier alpha value is -2.15. The Labute approximate surface area is 132 Å². The molecule has 3 rings (SSSR count). The number of nitrogens with zero attached hydrogens (tertiary/aromatic N) is 3. The van der Waals surface area contributed by atoms with Gasteiger partial charge in [-0.2, -0.15) is 0 Å². The SMILES string of the molecule is Cc1occc1-c1nnc(NCc2cnc(CC(C)C)s2)o1. The van der Waals surface area contributed by atoms with Crippen LogP contribution in [0.25, 0.3) is 11.5 Å². The maximum absolute atomic E-state index is 5.59. The fourth-order valence-electron chi connectivity index (χ4n) is 2.05. The standard InChI is InChI=1S/C15H18N4O2S/c1-9(2)6-13-16-7-11(22-13)8-17-15-19-18-14(21-15)12-4-5-20-10(12)3/h4-5,7,9H,6,8H2,1-3H3,(H,17,19). The fraction of sp³-hybridized carbons (Fsp3) is 0.400. The van der Waals surface area contributed by atoms with Gasteiger partial charge in [0.1, 0.15) is 5.76 Å². The third kappa shape index (κ3) is 3.36. The summed E-state index contributed by atoms with van der Waals surface area (Å²) in [5, 5.41) is 12.3. The van der Waals surface area contributed by atoms with Crippen LogP contribution < -0.4 is 5.32 Å². The van der Waals surface area contributed by atoms with Crippen molar-refractivity contribution in [3.05, 3.63) is 34.2 Å². The van der Waals surface area contributed by atoms with Gasteiger partial charge in [0.2, 0.25) is 0 Å². The van der Waals surface area contributed by atoms with Crippen LogP contribution in [0.3, 0.4) is 0 Å². The Morgan fingerprint density at radius 3 is 2.91 bits per heavy atom. The van der Waals surface area contributed by atoms with Crippen LogP contribution in [-0.4, -0.2) is 15.2 Å². The van der Waals surface area contributed by atoms with Gasteiger partial charge in [0.15, 0.2) is 0 Å². The Kier molecular flexibility index (Phi) is 4.24. The molecule has 7 heteroatoms. The Morgan fingerprint density at radius 2 is 2.18 bits per heavy atom. The van der Waals surface area contributed by atoms with Crippen molar-refractivity contribution in [1.82, 2.24) is 15.2 Å². The van der Waals surface area contributed by atoms with Crippen LogP contribution in [-0.2, 0) is 13.0 Å². The number of aryl methyl sites for hydroxylation is 1. The highest BCUT2D eigenvalue weighted by Crippen LogP contribution is 2.24. The van der Waals surface area contributed by atoms with E-state index in [0.29, 0.717) is 24.4 Å². The number of hydrogen-bond acceptors (Lipinski definition) is 7. The second-order valence-corrected chi connectivity index (χ2v) is 6.67. The molecule has 0 aliphatic heterocycles. The molecule has 0 atom stereocenters. The molecule has 6 nitrogen and oxygen atoms in total. The molecule has 0 fully saturated rings. The van der Waals surface area contributed by atoms with Crippen molar-refractivity contribution in [2.75, 3.05) is 5.32 Å². The van der Waals surface area contributed by atoms with E-state index >= 15 is 0 Å². The number of aromatic nitrogens is 3. The average molecular weight is 318 g/mol. The van der Waals surface area contributed by atoms with Crippen molar-refractivity contribution in [2.45, 2.75) is 33.7 Å². The largest absolute Gasteiger partial charge is 0.469 e. The van der Waals surface area contributed by atoms with Gasteiger partial charge in [0, 0.05) is 17.5 Å². The molecular weight excluding hydrogens is 300 g/mol. The Bertz CT molecular complexity index is 744. The van der Waals surface area contributed by atoms with Gasteiger partial charge in [-0.1, -0.05) is 18.9 Å². The summed E-state index contributed by atoms with van der Waals surface area (Å²) >= 11 is 1.71. The normalized spacial score (nSPS) is 11.3. The average Bonchev–Trinajstić information content (AvgIpc) is 3.16. The Balaban J connectivity index is 1.61. The second kappa shape index (κ2) is 6.31. The van der Waals surface area contributed by atoms with Gasteiger partial charge in [-0.3, -0.25) is 0 Å². The zero-order valence-electron chi connectivity index (χ0n) is 12.8. The molecule has 0 aromatic carbocycles. The highest BCUT2D eigenvalue weighted by Gasteiger charge is 2.13. The van der Waals surface area contributed by atoms with E-state index in [1.54, 1.807) is 17.6 Å². The van der Waals surface area contributed by atoms with Gasteiger partial charge < -0.3 is 14.2 Å². The quantitative estimate of drug-likeness (QED) is 0.742. The van der Waals surface area contributed by atoms with Crippen molar-refractivity contribution >= 4 is 17.4 Å². The smallest absolute Gasteiger partial charge is 0.316 e. The minimum atomic E-state index is 0.398. The number of rotatable bonds is 6. The van der Waals surface area contributed by atoms with Crippen LogP contribution in [0.4, 0.5) is 6.01 Å². The highest BCUT2D eigenvalue weighted by atomic mass is 32.1. The van der Waals surface area contributed by atoms with Gasteiger partial charge in [0.25, 0.3) is 5.89 Å². The molecule has 0 saturated carbocycles. The van der Waals surface area contributed by atoms with Crippen LogP contribution in [0.1, 0.15) is 29.5 Å². The summed E-state index contributed by atoms with van der Waals surface area (Å²) in [5.74, 6) is 1.83. The van der Waals surface area contributed by atoms with Gasteiger partial charge in [0.05, 0.1) is 23.4 Å². The number of anilines is 1. The third-order valence-electron chi connectivity index (χ3n) is 3.11. The molecule has 0 unspecified atom stereocenters. The summed E-state index contributed by atoms with van der Waals surface area (Å²) in [7, 11) is 0. The third-order valence-corrected chi connectivity index (χ3v) is 4.13. The van der Waals surface area contributed by atoms with Crippen LogP contribution >= 0.6 is 11.3 Å². The maximum Gasteiger partial charge on any atom is 0.316 e. The monoisotopic (exact) mass is 318 g/mol. The summed E-state index contributed by atoms with van der Waals surface area (Å²) < 4.78 is 10.8. The molecule has 0 bridgehead atoms. The number of nitrogens with one attached hydrogen (secondary N) is 1. The molecule has 3 aromatic rings. The minimum absolute atomic E-state index is 0.398. The molecule has 0 aliphatic carbocycles. The van der Waals surface area contributed by atoms with Crippen LogP contribution in [0.5, 0.6) is 0 Å². The lowest BCUT2D eigenvalue weighted by Gasteiger charge is -1.99. The zero-order chi connectivity index (χ0) is 15.5. The first-order chi connectivity index (χ1) is 10.6. The van der Waals surface area contributed by atoms with Crippen LogP contribution in [0.15, 0.2) is 27.4 Å². The van der Waals surface area contributed by atoms with E-state index in [2.05, 4.69) is 34.3 Å². The zero-order valence-corrected chi connectivity index (χ0v) is 13.6. The lowest BCUT2D eigenvalue weighted by atomic mass is 10.1. The maximum atomic E-state index is 5.59. The van der Waals surface area contributed by atoms with Crippen molar-refractivity contribution < 1.29 is 8.83 Å². The van der Waals surface area contributed by atoms with Gasteiger partial charge in [-0.05, 0) is 18.9 Å². The van der Waals surface area contributed by atoms with Gasteiger partial charge >= 0.3 is 6.01 Å². The highest BCUT2D eigenvalue weighted by molar-refractivity contribution is 7.11. The van der Waals surface area contributed by atoms with Crippen LogP contribution in [0.2, 0.25) is 0 Å². The first-order valence-corrected chi connectivity index (χ1v) is 7.99. The van der Waals surface area contributed by atoms with Crippen molar-refractivity contribution in [3.63, 3.8) is 0 Å². The molecule has 116 valence electrons. The summed E-state index contributed by atoms with van der Waals surface area (Å²) in [6, 6.07) is 2.21. The molecule has 0 amide bonds. The lowest BCUT2D eigenvalue weighted by molar-refractivity contribution is 0.530. The van der Waals surface area contributed by atoms with E-state index in [1.807, 2.05) is 19.2 Å². The first kappa shape index (κ1) is 14.8. The molecule has 0 spiro atoms.